The Kier molecular flexibility index (Phi) is 9.55. The number of aromatic nitrogens is 4. The van der Waals surface area contributed by atoms with Crippen LogP contribution < -0.4 is 0 Å². The van der Waals surface area contributed by atoms with E-state index in [9.17, 15) is 0 Å². The molecule has 12 aromatic rings. The lowest BCUT2D eigenvalue weighted by Crippen LogP contribution is -2.04. The van der Waals surface area contributed by atoms with Crippen molar-refractivity contribution in [1.82, 2.24) is 19.5 Å². The molecule has 0 saturated carbocycles. The molecule has 9 aromatic carbocycles. The number of hydrogen-bond donors (Lipinski definition) is 0. The van der Waals surface area contributed by atoms with Crippen LogP contribution in [0.1, 0.15) is 22.3 Å². The van der Waals surface area contributed by atoms with Gasteiger partial charge >= 0.3 is 0 Å². The van der Waals surface area contributed by atoms with Crippen molar-refractivity contribution < 1.29 is 0 Å². The number of thiophene rings is 1. The summed E-state index contributed by atoms with van der Waals surface area (Å²) in [4.78, 5) is 15.9. The molecular formula is C61H44N4S. The summed E-state index contributed by atoms with van der Waals surface area (Å²) in [6.45, 7) is 8.71. The summed E-state index contributed by atoms with van der Waals surface area (Å²) in [5.74, 6) is 1.85. The van der Waals surface area contributed by atoms with Crippen molar-refractivity contribution in [3.63, 3.8) is 0 Å². The van der Waals surface area contributed by atoms with Gasteiger partial charge in [-0.2, -0.15) is 0 Å². The third-order valence-corrected chi connectivity index (χ3v) is 13.9. The molecule has 3 heterocycles. The molecule has 0 aliphatic carbocycles. The number of benzene rings is 9. The Morgan fingerprint density at radius 2 is 0.833 bits per heavy atom. The number of aryl methyl sites for hydroxylation is 4. The minimum absolute atomic E-state index is 0.604. The molecule has 0 radical (unpaired) electrons. The van der Waals surface area contributed by atoms with Crippen LogP contribution in [0.2, 0.25) is 0 Å². The van der Waals surface area contributed by atoms with Gasteiger partial charge in [-0.1, -0.05) is 180 Å². The molecule has 5 heteroatoms. The third-order valence-electron chi connectivity index (χ3n) is 12.8. The summed E-state index contributed by atoms with van der Waals surface area (Å²) in [5, 5.41) is 4.88. The topological polar surface area (TPSA) is 43.6 Å². The van der Waals surface area contributed by atoms with Gasteiger partial charge in [0.15, 0.2) is 17.5 Å². The van der Waals surface area contributed by atoms with Gasteiger partial charge in [-0.15, -0.1) is 11.3 Å². The van der Waals surface area contributed by atoms with Crippen LogP contribution in [-0.2, 0) is 0 Å². The zero-order chi connectivity index (χ0) is 44.5. The highest BCUT2D eigenvalue weighted by Gasteiger charge is 2.22. The molecular weight excluding hydrogens is 821 g/mol. The molecule has 0 aliphatic heterocycles. The Hall–Kier alpha value is -7.99. The fourth-order valence-corrected chi connectivity index (χ4v) is 11.1. The van der Waals surface area contributed by atoms with Gasteiger partial charge in [-0.25, -0.2) is 15.0 Å². The summed E-state index contributed by atoms with van der Waals surface area (Å²) < 4.78 is 4.99. The smallest absolute Gasteiger partial charge is 0.166 e. The summed E-state index contributed by atoms with van der Waals surface area (Å²) in [7, 11) is 0. The minimum atomic E-state index is 0.604. The van der Waals surface area contributed by atoms with Crippen molar-refractivity contribution in [2.45, 2.75) is 27.7 Å². The number of rotatable bonds is 7. The highest BCUT2D eigenvalue weighted by Crippen LogP contribution is 2.44. The van der Waals surface area contributed by atoms with Gasteiger partial charge in [0, 0.05) is 47.6 Å². The molecule has 0 aliphatic rings. The van der Waals surface area contributed by atoms with Crippen LogP contribution in [0.15, 0.2) is 194 Å². The second kappa shape index (κ2) is 15.9. The Morgan fingerprint density at radius 1 is 0.333 bits per heavy atom. The monoisotopic (exact) mass is 864 g/mol. The predicted octanol–water partition coefficient (Wildman–Crippen LogP) is 16.6. The summed E-state index contributed by atoms with van der Waals surface area (Å²) in [5.41, 5.74) is 18.0. The third kappa shape index (κ3) is 6.96. The zero-order valence-electron chi connectivity index (χ0n) is 37.2. The van der Waals surface area contributed by atoms with E-state index in [-0.39, 0.29) is 0 Å². The molecule has 0 atom stereocenters. The summed E-state index contributed by atoms with van der Waals surface area (Å²) in [6, 6.07) is 70.3. The molecule has 0 amide bonds. The van der Waals surface area contributed by atoms with Crippen LogP contribution in [0.3, 0.4) is 0 Å². The van der Waals surface area contributed by atoms with Gasteiger partial charge < -0.3 is 4.57 Å². The fraction of sp³-hybridized carbons (Fsp3) is 0.0656. The number of fused-ring (bicyclic) bond motifs is 6. The predicted molar refractivity (Wildman–Crippen MR) is 279 cm³/mol. The molecule has 66 heavy (non-hydrogen) atoms. The first kappa shape index (κ1) is 39.6. The normalized spacial score (nSPS) is 11.6. The van der Waals surface area contributed by atoms with Crippen molar-refractivity contribution in [3.05, 3.63) is 216 Å². The van der Waals surface area contributed by atoms with Crippen LogP contribution >= 0.6 is 11.3 Å². The van der Waals surface area contributed by atoms with Crippen LogP contribution in [0.4, 0.5) is 0 Å². The molecule has 0 unspecified atom stereocenters. The molecule has 0 bridgehead atoms. The van der Waals surface area contributed by atoms with Crippen molar-refractivity contribution in [1.29, 1.82) is 0 Å². The average Bonchev–Trinajstić information content (AvgIpc) is 3.89. The molecule has 3 aromatic heterocycles. The van der Waals surface area contributed by atoms with Gasteiger partial charge in [0.2, 0.25) is 0 Å². The van der Waals surface area contributed by atoms with E-state index in [1.54, 1.807) is 0 Å². The maximum atomic E-state index is 5.40. The van der Waals surface area contributed by atoms with E-state index >= 15 is 0 Å². The zero-order valence-corrected chi connectivity index (χ0v) is 38.0. The Balaban J connectivity index is 1.20. The Bertz CT molecular complexity index is 3650. The molecule has 4 nitrogen and oxygen atoms in total. The van der Waals surface area contributed by atoms with Crippen molar-refractivity contribution in [3.8, 4) is 73.2 Å². The second-order valence-corrected chi connectivity index (χ2v) is 18.7. The van der Waals surface area contributed by atoms with Crippen LogP contribution in [0.25, 0.3) is 115 Å². The highest BCUT2D eigenvalue weighted by atomic mass is 32.1. The van der Waals surface area contributed by atoms with Crippen molar-refractivity contribution >= 4 is 53.3 Å². The van der Waals surface area contributed by atoms with Crippen LogP contribution in [0.5, 0.6) is 0 Å². The van der Waals surface area contributed by atoms with E-state index in [4.69, 9.17) is 15.0 Å². The highest BCUT2D eigenvalue weighted by molar-refractivity contribution is 7.25. The second-order valence-electron chi connectivity index (χ2n) is 17.6. The minimum Gasteiger partial charge on any atom is -0.308 e. The van der Waals surface area contributed by atoms with Gasteiger partial charge in [-0.05, 0) is 97.5 Å². The Morgan fingerprint density at radius 3 is 1.41 bits per heavy atom. The van der Waals surface area contributed by atoms with Crippen LogP contribution in [0, 0.1) is 27.7 Å². The molecule has 0 N–H and O–H groups in total. The summed E-state index contributed by atoms with van der Waals surface area (Å²) >= 11 is 1.84. The SMILES string of the molecule is Cc1cc(C)cc(-c2ccc3c4ccc(-c5cc(C)cc(C)c5)cc4n(-c4ccc(-c5cccc6sc7ccccc7c56)cc4-c4nc(-c5ccccc5)nc(-c5ccccc5)n4)c3c2)c1. The fourth-order valence-electron chi connectivity index (χ4n) is 9.94. The molecule has 0 saturated heterocycles. The molecule has 12 rings (SSSR count). The molecule has 314 valence electrons. The Labute approximate surface area is 388 Å². The lowest BCUT2D eigenvalue weighted by Gasteiger charge is -2.17. The van der Waals surface area contributed by atoms with Gasteiger partial charge in [0.25, 0.3) is 0 Å². The first-order valence-electron chi connectivity index (χ1n) is 22.5. The van der Waals surface area contributed by atoms with Crippen molar-refractivity contribution in [2.75, 3.05) is 0 Å². The van der Waals surface area contributed by atoms with Crippen LogP contribution in [-0.4, -0.2) is 19.5 Å². The van der Waals surface area contributed by atoms with E-state index in [1.165, 1.54) is 81.0 Å². The maximum Gasteiger partial charge on any atom is 0.166 e. The van der Waals surface area contributed by atoms with Gasteiger partial charge in [0.05, 0.1) is 16.7 Å². The standard InChI is InChI=1S/C61H44N4S/c1-37-28-38(2)31-46(30-37)43-22-25-49-50-26-23-44(47-32-39(3)29-40(4)33-47)36-55(50)65(54(49)35-43)53-27-24-45(48-19-13-21-57-58(48)51-18-11-12-20-56(51)66-57)34-52(53)61-63-59(41-14-7-5-8-15-41)62-60(64-61)42-16-9-6-10-17-42/h5-36H,1-4H3. The number of hydrogen-bond acceptors (Lipinski definition) is 4. The lowest BCUT2D eigenvalue weighted by atomic mass is 9.96. The molecule has 0 spiro atoms. The van der Waals surface area contributed by atoms with E-state index in [1.807, 2.05) is 47.7 Å². The molecule has 0 fully saturated rings. The van der Waals surface area contributed by atoms with E-state index < -0.39 is 0 Å². The first-order valence-corrected chi connectivity index (χ1v) is 23.3. The maximum absolute atomic E-state index is 5.40. The quantitative estimate of drug-likeness (QED) is 0.160. The lowest BCUT2D eigenvalue weighted by molar-refractivity contribution is 1.06. The van der Waals surface area contributed by atoms with Crippen molar-refractivity contribution in [2.24, 2.45) is 0 Å². The number of nitrogens with zero attached hydrogens (tertiary/aromatic N) is 4. The average molecular weight is 865 g/mol. The van der Waals surface area contributed by atoms with Gasteiger partial charge in [0.1, 0.15) is 0 Å². The van der Waals surface area contributed by atoms with E-state index in [0.29, 0.717) is 17.5 Å². The largest absolute Gasteiger partial charge is 0.308 e. The summed E-state index contributed by atoms with van der Waals surface area (Å²) in [6.07, 6.45) is 0. The first-order chi connectivity index (χ1) is 32.3. The van der Waals surface area contributed by atoms with E-state index in [2.05, 4.69) is 190 Å². The van der Waals surface area contributed by atoms with E-state index in [0.717, 1.165) is 39.0 Å². The van der Waals surface area contributed by atoms with Gasteiger partial charge in [-0.3, -0.25) is 0 Å².